The molecule has 4 heteroatoms. The van der Waals surface area contributed by atoms with Crippen molar-refractivity contribution in [2.75, 3.05) is 13.2 Å². The van der Waals surface area contributed by atoms with Crippen molar-refractivity contribution in [3.05, 3.63) is 17.5 Å². The smallest absolute Gasteiger partial charge is 0.0799 e. The Morgan fingerprint density at radius 1 is 1.47 bits per heavy atom. The molecule has 0 unspecified atom stereocenters. The SMILES string of the molecule is Cn1cc(C(C)(C)C#N)c(C2CCOCC2)n1. The van der Waals surface area contributed by atoms with Gasteiger partial charge in [0.25, 0.3) is 0 Å². The van der Waals surface area contributed by atoms with Gasteiger partial charge in [-0.1, -0.05) is 0 Å². The summed E-state index contributed by atoms with van der Waals surface area (Å²) in [6.45, 7) is 5.50. The van der Waals surface area contributed by atoms with Crippen LogP contribution in [0.15, 0.2) is 6.20 Å². The van der Waals surface area contributed by atoms with Crippen LogP contribution in [0.4, 0.5) is 0 Å². The maximum absolute atomic E-state index is 9.27. The van der Waals surface area contributed by atoms with Crippen molar-refractivity contribution in [1.29, 1.82) is 5.26 Å². The lowest BCUT2D eigenvalue weighted by Gasteiger charge is -2.24. The third kappa shape index (κ3) is 2.34. The van der Waals surface area contributed by atoms with Gasteiger partial charge in [0.05, 0.1) is 17.2 Å². The Balaban J connectivity index is 2.37. The van der Waals surface area contributed by atoms with Crippen LogP contribution >= 0.6 is 0 Å². The van der Waals surface area contributed by atoms with Crippen LogP contribution in [0, 0.1) is 11.3 Å². The zero-order chi connectivity index (χ0) is 12.5. The van der Waals surface area contributed by atoms with Gasteiger partial charge in [-0.25, -0.2) is 0 Å². The number of rotatable bonds is 2. The van der Waals surface area contributed by atoms with Crippen molar-refractivity contribution in [3.8, 4) is 6.07 Å². The standard InChI is InChI=1S/C13H19N3O/c1-13(2,9-14)11-8-16(3)15-12(11)10-4-6-17-7-5-10/h8,10H,4-7H2,1-3H3. The minimum Gasteiger partial charge on any atom is -0.381 e. The molecule has 0 N–H and O–H groups in total. The monoisotopic (exact) mass is 233 g/mol. The first-order valence-electron chi connectivity index (χ1n) is 6.07. The fourth-order valence-corrected chi connectivity index (χ4v) is 2.32. The molecule has 92 valence electrons. The number of nitrogens with zero attached hydrogens (tertiary/aromatic N) is 3. The molecule has 2 heterocycles. The van der Waals surface area contributed by atoms with Crippen LogP contribution in [0.2, 0.25) is 0 Å². The molecular weight excluding hydrogens is 214 g/mol. The zero-order valence-corrected chi connectivity index (χ0v) is 10.7. The summed E-state index contributed by atoms with van der Waals surface area (Å²) in [6, 6.07) is 2.37. The molecule has 1 aromatic rings. The van der Waals surface area contributed by atoms with Gasteiger partial charge in [0.15, 0.2) is 0 Å². The molecule has 2 rings (SSSR count). The van der Waals surface area contributed by atoms with Crippen LogP contribution < -0.4 is 0 Å². The Hall–Kier alpha value is -1.34. The third-order valence-electron chi connectivity index (χ3n) is 3.42. The first-order chi connectivity index (χ1) is 8.04. The summed E-state index contributed by atoms with van der Waals surface area (Å²) in [5, 5.41) is 13.8. The van der Waals surface area contributed by atoms with E-state index >= 15 is 0 Å². The van der Waals surface area contributed by atoms with Crippen molar-refractivity contribution >= 4 is 0 Å². The Morgan fingerprint density at radius 3 is 2.71 bits per heavy atom. The molecule has 17 heavy (non-hydrogen) atoms. The summed E-state index contributed by atoms with van der Waals surface area (Å²) >= 11 is 0. The van der Waals surface area contributed by atoms with Gasteiger partial charge in [0.2, 0.25) is 0 Å². The number of nitriles is 1. The van der Waals surface area contributed by atoms with Gasteiger partial charge in [0.1, 0.15) is 0 Å². The molecule has 0 aromatic carbocycles. The number of hydrogen-bond acceptors (Lipinski definition) is 3. The first-order valence-corrected chi connectivity index (χ1v) is 6.07. The zero-order valence-electron chi connectivity index (χ0n) is 10.7. The van der Waals surface area contributed by atoms with Crippen molar-refractivity contribution in [2.45, 2.75) is 38.0 Å². The van der Waals surface area contributed by atoms with Gasteiger partial charge in [-0.15, -0.1) is 0 Å². The van der Waals surface area contributed by atoms with Gasteiger partial charge in [-0.2, -0.15) is 10.4 Å². The summed E-state index contributed by atoms with van der Waals surface area (Å²) in [6.07, 6.45) is 3.99. The van der Waals surface area contributed by atoms with Crippen molar-refractivity contribution in [3.63, 3.8) is 0 Å². The Kier molecular flexibility index (Phi) is 3.21. The second kappa shape index (κ2) is 4.50. The van der Waals surface area contributed by atoms with Crippen molar-refractivity contribution in [1.82, 2.24) is 9.78 Å². The minimum absolute atomic E-state index is 0.438. The fraction of sp³-hybridized carbons (Fsp3) is 0.692. The molecule has 0 amide bonds. The van der Waals surface area contributed by atoms with Gasteiger partial charge in [-0.3, -0.25) is 4.68 Å². The summed E-state index contributed by atoms with van der Waals surface area (Å²) < 4.78 is 7.20. The van der Waals surface area contributed by atoms with Gasteiger partial charge >= 0.3 is 0 Å². The number of aryl methyl sites for hydroxylation is 1. The highest BCUT2D eigenvalue weighted by Crippen LogP contribution is 2.34. The van der Waals surface area contributed by atoms with E-state index in [1.807, 2.05) is 31.8 Å². The van der Waals surface area contributed by atoms with Gasteiger partial charge in [0, 0.05) is 37.9 Å². The van der Waals surface area contributed by atoms with E-state index in [4.69, 9.17) is 4.74 Å². The highest BCUT2D eigenvalue weighted by molar-refractivity contribution is 5.34. The van der Waals surface area contributed by atoms with E-state index in [2.05, 4.69) is 11.2 Å². The van der Waals surface area contributed by atoms with Crippen LogP contribution in [-0.2, 0) is 17.2 Å². The molecule has 0 radical (unpaired) electrons. The lowest BCUT2D eigenvalue weighted by atomic mass is 9.82. The minimum atomic E-state index is -0.470. The second-order valence-electron chi connectivity index (χ2n) is 5.23. The summed E-state index contributed by atoms with van der Waals surface area (Å²) in [7, 11) is 1.92. The predicted molar refractivity (Wildman–Crippen MR) is 64.6 cm³/mol. The molecule has 1 aromatic heterocycles. The Bertz CT molecular complexity index is 436. The normalized spacial score (nSPS) is 18.0. The van der Waals surface area contributed by atoms with Crippen molar-refractivity contribution < 1.29 is 4.74 Å². The topological polar surface area (TPSA) is 50.8 Å². The lowest BCUT2D eigenvalue weighted by molar-refractivity contribution is 0.0841. The van der Waals surface area contributed by atoms with Gasteiger partial charge < -0.3 is 4.74 Å². The van der Waals surface area contributed by atoms with E-state index in [0.29, 0.717) is 5.92 Å². The molecule has 0 saturated carbocycles. The quantitative estimate of drug-likeness (QED) is 0.786. The molecule has 1 aliphatic heterocycles. The molecule has 1 aliphatic rings. The molecule has 0 spiro atoms. The number of hydrogen-bond donors (Lipinski definition) is 0. The Labute approximate surface area is 102 Å². The number of aromatic nitrogens is 2. The van der Waals surface area contributed by atoms with Gasteiger partial charge in [-0.05, 0) is 26.7 Å². The molecule has 0 aliphatic carbocycles. The fourth-order valence-electron chi connectivity index (χ4n) is 2.32. The highest BCUT2D eigenvalue weighted by Gasteiger charge is 2.30. The Morgan fingerprint density at radius 2 is 2.12 bits per heavy atom. The molecule has 1 fully saturated rings. The van der Waals surface area contributed by atoms with Crippen LogP contribution in [0.3, 0.4) is 0 Å². The lowest BCUT2D eigenvalue weighted by Crippen LogP contribution is -2.20. The second-order valence-corrected chi connectivity index (χ2v) is 5.23. The average Bonchev–Trinajstić information content (AvgIpc) is 2.73. The summed E-state index contributed by atoms with van der Waals surface area (Å²) in [5.41, 5.74) is 1.68. The molecule has 4 nitrogen and oxygen atoms in total. The maximum atomic E-state index is 9.27. The summed E-state index contributed by atoms with van der Waals surface area (Å²) in [5.74, 6) is 0.438. The third-order valence-corrected chi connectivity index (χ3v) is 3.42. The number of ether oxygens (including phenoxy) is 1. The van der Waals surface area contributed by atoms with Crippen LogP contribution in [0.5, 0.6) is 0 Å². The largest absolute Gasteiger partial charge is 0.381 e. The average molecular weight is 233 g/mol. The first kappa shape index (κ1) is 12.1. The van der Waals surface area contributed by atoms with Crippen LogP contribution in [0.25, 0.3) is 0 Å². The maximum Gasteiger partial charge on any atom is 0.0799 e. The predicted octanol–water partition coefficient (Wildman–Crippen LogP) is 2.12. The molecule has 1 saturated heterocycles. The molecule has 0 bridgehead atoms. The molecule has 0 atom stereocenters. The van der Waals surface area contributed by atoms with E-state index < -0.39 is 5.41 Å². The van der Waals surface area contributed by atoms with E-state index in [1.165, 1.54) is 0 Å². The van der Waals surface area contributed by atoms with E-state index in [9.17, 15) is 5.26 Å². The summed E-state index contributed by atoms with van der Waals surface area (Å²) in [4.78, 5) is 0. The van der Waals surface area contributed by atoms with E-state index in [1.54, 1.807) is 0 Å². The van der Waals surface area contributed by atoms with Crippen LogP contribution in [0.1, 0.15) is 43.9 Å². The van der Waals surface area contributed by atoms with Crippen LogP contribution in [-0.4, -0.2) is 23.0 Å². The van der Waals surface area contributed by atoms with E-state index in [-0.39, 0.29) is 0 Å². The van der Waals surface area contributed by atoms with E-state index in [0.717, 1.165) is 37.3 Å². The highest BCUT2D eigenvalue weighted by atomic mass is 16.5. The molecular formula is C13H19N3O. The van der Waals surface area contributed by atoms with Crippen molar-refractivity contribution in [2.24, 2.45) is 7.05 Å².